The van der Waals surface area contributed by atoms with E-state index in [2.05, 4.69) is 6.92 Å². The number of hydrogen-bond donors (Lipinski definition) is 1. The summed E-state index contributed by atoms with van der Waals surface area (Å²) in [5, 5.41) is 9.63. The molecule has 2 aromatic carbocycles. The van der Waals surface area contributed by atoms with Gasteiger partial charge in [0.25, 0.3) is 0 Å². The highest BCUT2D eigenvalue weighted by atomic mass is 127. The average Bonchev–Trinajstić information content (AvgIpc) is 2.76. The molecule has 1 atom stereocenters. The zero-order valence-corrected chi connectivity index (χ0v) is 15.1. The van der Waals surface area contributed by atoms with Crippen LogP contribution in [0.3, 0.4) is 0 Å². The minimum absolute atomic E-state index is 0. The third-order valence-electron chi connectivity index (χ3n) is 4.12. The molecule has 0 aliphatic carbocycles. The molecule has 0 amide bonds. The number of nitrogens with zero attached hydrogens (tertiary/aromatic N) is 2. The van der Waals surface area contributed by atoms with Gasteiger partial charge in [0.2, 0.25) is 6.17 Å². The number of aliphatic carboxylic acids is 1. The number of carboxylic acids is 1. The Morgan fingerprint density at radius 1 is 1.05 bits per heavy atom. The zero-order chi connectivity index (χ0) is 15.1. The maximum atomic E-state index is 11.7. The lowest BCUT2D eigenvalue weighted by Gasteiger charge is -2.27. The van der Waals surface area contributed by atoms with Crippen molar-refractivity contribution >= 4 is 47.0 Å². The van der Waals surface area contributed by atoms with Gasteiger partial charge < -0.3 is 14.9 Å². The van der Waals surface area contributed by atoms with Gasteiger partial charge in [-0.15, -0.1) is 24.0 Å². The van der Waals surface area contributed by atoms with Crippen LogP contribution in [-0.2, 0) is 4.79 Å². The molecule has 2 aromatic rings. The maximum Gasteiger partial charge on any atom is 0.347 e. The average molecular weight is 410 g/mol. The van der Waals surface area contributed by atoms with E-state index in [0.717, 1.165) is 22.6 Å². The molecule has 1 heterocycles. The number of likely N-dealkylation sites (N-methyl/N-ethyl adjacent to an activating group) is 1. The fourth-order valence-corrected chi connectivity index (χ4v) is 2.83. The van der Waals surface area contributed by atoms with Crippen LogP contribution in [0.15, 0.2) is 42.5 Å². The Kier molecular flexibility index (Phi) is 4.65. The van der Waals surface area contributed by atoms with Crippen LogP contribution in [0.25, 0.3) is 0 Å². The molecule has 1 unspecified atom stereocenters. The molecule has 1 aliphatic heterocycles. The van der Waals surface area contributed by atoms with Gasteiger partial charge in [0.1, 0.15) is 0 Å². The van der Waals surface area contributed by atoms with Crippen molar-refractivity contribution in [1.82, 2.24) is 0 Å². The van der Waals surface area contributed by atoms with E-state index in [0.29, 0.717) is 0 Å². The molecule has 116 valence electrons. The Bertz CT molecular complexity index is 718. The molecular formula is C17H19IN2O2. The smallest absolute Gasteiger partial charge is 0.347 e. The first-order valence-corrected chi connectivity index (χ1v) is 6.92. The van der Waals surface area contributed by atoms with Crippen LogP contribution in [0.2, 0.25) is 0 Å². The van der Waals surface area contributed by atoms with Crippen LogP contribution < -0.4 is 9.80 Å². The highest BCUT2D eigenvalue weighted by Gasteiger charge is 2.39. The highest BCUT2D eigenvalue weighted by molar-refractivity contribution is 14.0. The van der Waals surface area contributed by atoms with E-state index in [4.69, 9.17) is 0 Å². The highest BCUT2D eigenvalue weighted by Crippen LogP contribution is 2.43. The second kappa shape index (κ2) is 6.16. The molecule has 0 aromatic heterocycles. The molecule has 3 rings (SSSR count). The number of aryl methyl sites for hydroxylation is 2. The number of fused-ring (bicyclic) bond motifs is 1. The van der Waals surface area contributed by atoms with Crippen LogP contribution in [0.4, 0.5) is 17.1 Å². The van der Waals surface area contributed by atoms with Crippen LogP contribution >= 0.6 is 24.0 Å². The van der Waals surface area contributed by atoms with E-state index in [1.54, 1.807) is 4.90 Å². The second-order valence-corrected chi connectivity index (χ2v) is 5.45. The van der Waals surface area contributed by atoms with E-state index in [-0.39, 0.29) is 24.0 Å². The van der Waals surface area contributed by atoms with Gasteiger partial charge in [-0.1, -0.05) is 18.2 Å². The summed E-state index contributed by atoms with van der Waals surface area (Å²) in [5.41, 5.74) is 5.12. The van der Waals surface area contributed by atoms with Crippen molar-refractivity contribution in [2.75, 3.05) is 16.8 Å². The molecule has 0 saturated carbocycles. The lowest BCUT2D eigenvalue weighted by Crippen LogP contribution is -2.45. The number of halogens is 1. The van der Waals surface area contributed by atoms with Crippen molar-refractivity contribution in [2.45, 2.75) is 20.0 Å². The Labute approximate surface area is 147 Å². The van der Waals surface area contributed by atoms with Crippen molar-refractivity contribution in [3.8, 4) is 0 Å². The molecule has 4 nitrogen and oxygen atoms in total. The summed E-state index contributed by atoms with van der Waals surface area (Å²) >= 11 is 0. The number of para-hydroxylation sites is 2. The zero-order valence-electron chi connectivity index (χ0n) is 12.8. The fraction of sp³-hybridized carbons (Fsp3) is 0.235. The third-order valence-corrected chi connectivity index (χ3v) is 4.12. The number of hydrogen-bond acceptors (Lipinski definition) is 3. The maximum absolute atomic E-state index is 11.7. The predicted molar refractivity (Wildman–Crippen MR) is 99.7 cm³/mol. The summed E-state index contributed by atoms with van der Waals surface area (Å²) in [7, 11) is 1.82. The van der Waals surface area contributed by atoms with Crippen LogP contribution in [0.1, 0.15) is 11.1 Å². The molecule has 5 heteroatoms. The van der Waals surface area contributed by atoms with Gasteiger partial charge >= 0.3 is 5.97 Å². The van der Waals surface area contributed by atoms with Gasteiger partial charge in [-0.05, 0) is 49.2 Å². The first kappa shape index (κ1) is 16.6. The third kappa shape index (κ3) is 2.54. The summed E-state index contributed by atoms with van der Waals surface area (Å²) in [5.74, 6) is -0.855. The van der Waals surface area contributed by atoms with E-state index in [9.17, 15) is 9.90 Å². The number of benzene rings is 2. The van der Waals surface area contributed by atoms with Gasteiger partial charge in [0.15, 0.2) is 0 Å². The normalized spacial score (nSPS) is 16.2. The minimum atomic E-state index is -0.855. The van der Waals surface area contributed by atoms with Crippen LogP contribution in [0, 0.1) is 13.8 Å². The Morgan fingerprint density at radius 3 is 2.27 bits per heavy atom. The van der Waals surface area contributed by atoms with E-state index >= 15 is 0 Å². The first-order chi connectivity index (χ1) is 10.0. The van der Waals surface area contributed by atoms with Crippen molar-refractivity contribution in [3.05, 3.63) is 53.6 Å². The van der Waals surface area contributed by atoms with Crippen LogP contribution in [-0.4, -0.2) is 24.3 Å². The first-order valence-electron chi connectivity index (χ1n) is 6.92. The molecule has 0 fully saturated rings. The SMILES string of the molecule is Cc1ccc(N2c3ccccc3N(C)C2C(=O)O)cc1C.I. The summed E-state index contributed by atoms with van der Waals surface area (Å²) in [6.07, 6.45) is -0.718. The predicted octanol–water partition coefficient (Wildman–Crippen LogP) is 3.92. The van der Waals surface area contributed by atoms with E-state index in [1.165, 1.54) is 5.56 Å². The lowest BCUT2D eigenvalue weighted by atomic mass is 10.1. The van der Waals surface area contributed by atoms with Crippen LogP contribution in [0.5, 0.6) is 0 Å². The summed E-state index contributed by atoms with van der Waals surface area (Å²) < 4.78 is 0. The standard InChI is InChI=1S/C17H18N2O2.HI/c1-11-8-9-13(10-12(11)2)19-15-7-5-4-6-14(15)18(3)16(19)17(20)21;/h4-10,16H,1-3H3,(H,20,21);1H. The molecule has 0 spiro atoms. The Hall–Kier alpha value is -1.76. The number of carboxylic acid groups (broad SMARTS) is 1. The van der Waals surface area contributed by atoms with Gasteiger partial charge in [0.05, 0.1) is 11.4 Å². The van der Waals surface area contributed by atoms with Crippen molar-refractivity contribution in [2.24, 2.45) is 0 Å². The molecule has 1 N–H and O–H groups in total. The largest absolute Gasteiger partial charge is 0.478 e. The van der Waals surface area contributed by atoms with Gasteiger partial charge in [0, 0.05) is 12.7 Å². The summed E-state index contributed by atoms with van der Waals surface area (Å²) in [6.45, 7) is 4.10. The molecule has 0 bridgehead atoms. The lowest BCUT2D eigenvalue weighted by molar-refractivity contribution is -0.138. The molecule has 1 aliphatic rings. The number of anilines is 3. The quantitative estimate of drug-likeness (QED) is 0.763. The second-order valence-electron chi connectivity index (χ2n) is 5.45. The molecule has 22 heavy (non-hydrogen) atoms. The summed E-state index contributed by atoms with van der Waals surface area (Å²) in [6, 6.07) is 13.8. The number of rotatable bonds is 2. The summed E-state index contributed by atoms with van der Waals surface area (Å²) in [4.78, 5) is 15.4. The van der Waals surface area contributed by atoms with Crippen molar-refractivity contribution in [1.29, 1.82) is 0 Å². The van der Waals surface area contributed by atoms with Gasteiger partial charge in [-0.2, -0.15) is 0 Å². The molecular weight excluding hydrogens is 391 g/mol. The molecule has 0 saturated heterocycles. The monoisotopic (exact) mass is 410 g/mol. The Morgan fingerprint density at radius 2 is 1.68 bits per heavy atom. The fourth-order valence-electron chi connectivity index (χ4n) is 2.83. The number of carbonyl (C=O) groups is 1. The van der Waals surface area contributed by atoms with Crippen molar-refractivity contribution < 1.29 is 9.90 Å². The van der Waals surface area contributed by atoms with Gasteiger partial charge in [-0.25, -0.2) is 4.79 Å². The van der Waals surface area contributed by atoms with E-state index in [1.807, 2.05) is 61.3 Å². The van der Waals surface area contributed by atoms with Crippen molar-refractivity contribution in [3.63, 3.8) is 0 Å². The minimum Gasteiger partial charge on any atom is -0.478 e. The molecule has 0 radical (unpaired) electrons. The topological polar surface area (TPSA) is 43.8 Å². The Balaban J connectivity index is 0.00000176. The van der Waals surface area contributed by atoms with Gasteiger partial charge in [-0.3, -0.25) is 0 Å². The van der Waals surface area contributed by atoms with E-state index < -0.39 is 12.1 Å².